The Hall–Kier alpha value is -3.72. The van der Waals surface area contributed by atoms with Crippen LogP contribution in [0.4, 0.5) is 0 Å². The summed E-state index contributed by atoms with van der Waals surface area (Å²) in [4.78, 5) is 55.1. The molecule has 1 heterocycles. The highest BCUT2D eigenvalue weighted by Crippen LogP contribution is 2.29. The average Bonchev–Trinajstić information content (AvgIpc) is 3.34. The summed E-state index contributed by atoms with van der Waals surface area (Å²) in [7, 11) is 1.21. The Morgan fingerprint density at radius 2 is 1.63 bits per heavy atom. The summed E-state index contributed by atoms with van der Waals surface area (Å²) in [6.07, 6.45) is 4.81. The highest BCUT2D eigenvalue weighted by atomic mass is 16.5. The summed E-state index contributed by atoms with van der Waals surface area (Å²) in [5.74, 6) is -1.59. The van der Waals surface area contributed by atoms with Crippen LogP contribution in [-0.2, 0) is 32.1 Å². The third-order valence-corrected chi connectivity index (χ3v) is 8.60. The van der Waals surface area contributed by atoms with Crippen LogP contribution in [0, 0.1) is 11.8 Å². The number of rotatable bonds is 13. The van der Waals surface area contributed by atoms with E-state index in [1.165, 1.54) is 7.11 Å². The first-order valence-corrected chi connectivity index (χ1v) is 15.5. The van der Waals surface area contributed by atoms with Gasteiger partial charge in [0.05, 0.1) is 13.2 Å². The van der Waals surface area contributed by atoms with E-state index in [1.807, 2.05) is 62.4 Å². The molecule has 0 saturated heterocycles. The van der Waals surface area contributed by atoms with Gasteiger partial charge in [-0.3, -0.25) is 14.4 Å². The maximum absolute atomic E-state index is 14.0. The van der Waals surface area contributed by atoms with Gasteiger partial charge in [-0.2, -0.15) is 0 Å². The highest BCUT2D eigenvalue weighted by Gasteiger charge is 2.39. The number of carbonyl (C=O) groups excluding carboxylic acids is 4. The lowest BCUT2D eigenvalue weighted by Gasteiger charge is -2.32. The number of fused-ring (bicyclic) bond motifs is 1. The summed E-state index contributed by atoms with van der Waals surface area (Å²) in [5, 5.41) is 16.6. The summed E-state index contributed by atoms with van der Waals surface area (Å²) < 4.78 is 4.79. The molecule has 4 rings (SSSR count). The van der Waals surface area contributed by atoms with Gasteiger partial charge in [0.1, 0.15) is 12.1 Å². The van der Waals surface area contributed by atoms with Crippen molar-refractivity contribution in [1.82, 2.24) is 15.5 Å². The summed E-state index contributed by atoms with van der Waals surface area (Å²) in [6, 6.07) is 14.2. The molecule has 2 unspecified atom stereocenters. The monoisotopic (exact) mass is 591 g/mol. The molecule has 0 spiro atoms. The van der Waals surface area contributed by atoms with Crippen molar-refractivity contribution >= 4 is 23.7 Å². The van der Waals surface area contributed by atoms with Crippen LogP contribution in [0.25, 0.3) is 0 Å². The maximum atomic E-state index is 14.0. The maximum Gasteiger partial charge on any atom is 0.336 e. The third-order valence-electron chi connectivity index (χ3n) is 8.60. The molecule has 43 heavy (non-hydrogen) atoms. The number of ether oxygens (including phenoxy) is 1. The van der Waals surface area contributed by atoms with E-state index in [9.17, 15) is 24.3 Å². The molecule has 3 amide bonds. The van der Waals surface area contributed by atoms with Crippen LogP contribution in [0.5, 0.6) is 0 Å². The summed E-state index contributed by atoms with van der Waals surface area (Å²) in [5.41, 5.74) is 2.33. The summed E-state index contributed by atoms with van der Waals surface area (Å²) in [6.45, 7) is 4.21. The smallest absolute Gasteiger partial charge is 0.336 e. The average molecular weight is 592 g/mol. The number of nitrogens with one attached hydrogen (secondary N) is 2. The van der Waals surface area contributed by atoms with Gasteiger partial charge in [-0.05, 0) is 41.9 Å². The minimum absolute atomic E-state index is 0.0589. The molecule has 1 aliphatic carbocycles. The van der Waals surface area contributed by atoms with Gasteiger partial charge in [0, 0.05) is 18.5 Å². The molecule has 3 N–H and O–H groups in total. The molecule has 1 fully saturated rings. The second-order valence-electron chi connectivity index (χ2n) is 12.3. The van der Waals surface area contributed by atoms with Gasteiger partial charge >= 0.3 is 5.97 Å². The number of benzene rings is 2. The number of carbonyl (C=O) groups is 4. The zero-order valence-electron chi connectivity index (χ0n) is 25.5. The Labute approximate surface area is 254 Å². The minimum atomic E-state index is -1.52. The number of hydrogen-bond donors (Lipinski definition) is 3. The van der Waals surface area contributed by atoms with Crippen molar-refractivity contribution in [2.24, 2.45) is 11.8 Å². The molecule has 0 bridgehead atoms. The fourth-order valence-corrected chi connectivity index (χ4v) is 6.30. The van der Waals surface area contributed by atoms with E-state index >= 15 is 0 Å². The van der Waals surface area contributed by atoms with E-state index in [0.717, 1.165) is 43.2 Å². The van der Waals surface area contributed by atoms with Crippen molar-refractivity contribution in [3.8, 4) is 0 Å². The first-order chi connectivity index (χ1) is 20.7. The van der Waals surface area contributed by atoms with Crippen molar-refractivity contribution in [2.45, 2.75) is 96.0 Å². The predicted octanol–water partition coefficient (Wildman–Crippen LogP) is 3.77. The van der Waals surface area contributed by atoms with E-state index in [0.29, 0.717) is 24.9 Å². The van der Waals surface area contributed by atoms with Crippen molar-refractivity contribution in [2.75, 3.05) is 7.11 Å². The first kappa shape index (κ1) is 32.2. The van der Waals surface area contributed by atoms with Crippen molar-refractivity contribution in [1.29, 1.82) is 0 Å². The molecule has 4 atom stereocenters. The van der Waals surface area contributed by atoms with Gasteiger partial charge in [0.2, 0.25) is 11.8 Å². The molecular formula is C34H45N3O6. The Kier molecular flexibility index (Phi) is 11.3. The predicted molar refractivity (Wildman–Crippen MR) is 163 cm³/mol. The van der Waals surface area contributed by atoms with Gasteiger partial charge in [-0.15, -0.1) is 0 Å². The minimum Gasteiger partial charge on any atom is -0.467 e. The van der Waals surface area contributed by atoms with Crippen LogP contribution in [0.15, 0.2) is 54.6 Å². The van der Waals surface area contributed by atoms with Crippen molar-refractivity contribution < 1.29 is 29.0 Å². The Morgan fingerprint density at radius 3 is 2.28 bits per heavy atom. The van der Waals surface area contributed by atoms with Crippen LogP contribution in [0.3, 0.4) is 0 Å². The number of aliphatic hydroxyl groups excluding tert-OH is 1. The molecule has 9 nitrogen and oxygen atoms in total. The standard InChI is InChI=1S/C34H45N3O6/c1-22(2)18-28(31(39)35-27(30(38)34(42)43-3)19-23-12-6-4-7-13-23)36-32(40)29(20-24-14-8-5-9-15-24)37-21-25-16-10-11-17-26(25)33(37)41/h5,8-11,14-17,22-23,27-30,38H,4,6-7,12-13,18-21H2,1-3H3,(H,35,39)(H,36,40)/t27-,28?,29-,30?/m0/s1. The van der Waals surface area contributed by atoms with Gasteiger partial charge in [0.15, 0.2) is 6.10 Å². The Bertz CT molecular complexity index is 1260. The number of nitrogens with zero attached hydrogens (tertiary/aromatic N) is 1. The van der Waals surface area contributed by atoms with E-state index in [2.05, 4.69) is 10.6 Å². The second-order valence-corrected chi connectivity index (χ2v) is 12.3. The Morgan fingerprint density at radius 1 is 0.953 bits per heavy atom. The van der Waals surface area contributed by atoms with Gasteiger partial charge in [-0.1, -0.05) is 94.5 Å². The Balaban J connectivity index is 1.55. The summed E-state index contributed by atoms with van der Waals surface area (Å²) >= 11 is 0. The lowest BCUT2D eigenvalue weighted by atomic mass is 9.83. The van der Waals surface area contributed by atoms with E-state index in [-0.39, 0.29) is 24.2 Å². The molecule has 2 aromatic carbocycles. The van der Waals surface area contributed by atoms with E-state index in [4.69, 9.17) is 4.74 Å². The van der Waals surface area contributed by atoms with Crippen molar-refractivity contribution in [3.63, 3.8) is 0 Å². The zero-order chi connectivity index (χ0) is 30.9. The lowest BCUT2D eigenvalue weighted by molar-refractivity contribution is -0.153. The number of amides is 3. The quantitative estimate of drug-likeness (QED) is 0.305. The van der Waals surface area contributed by atoms with E-state index in [1.54, 1.807) is 11.0 Å². The largest absolute Gasteiger partial charge is 0.467 e. The van der Waals surface area contributed by atoms with Gasteiger partial charge < -0.3 is 25.4 Å². The molecule has 2 aromatic rings. The highest BCUT2D eigenvalue weighted by molar-refractivity contribution is 6.01. The molecule has 232 valence electrons. The van der Waals surface area contributed by atoms with Crippen LogP contribution >= 0.6 is 0 Å². The molecule has 0 radical (unpaired) electrons. The lowest BCUT2D eigenvalue weighted by Crippen LogP contribution is -2.58. The number of esters is 1. The number of methoxy groups -OCH3 is 1. The van der Waals surface area contributed by atoms with Crippen LogP contribution in [0.1, 0.15) is 80.3 Å². The first-order valence-electron chi connectivity index (χ1n) is 15.5. The molecule has 2 aliphatic rings. The molecular weight excluding hydrogens is 546 g/mol. The van der Waals surface area contributed by atoms with Crippen LogP contribution in [-0.4, -0.2) is 65.0 Å². The van der Waals surface area contributed by atoms with Crippen LogP contribution < -0.4 is 10.6 Å². The number of aliphatic hydroxyl groups is 1. The van der Waals surface area contributed by atoms with Gasteiger partial charge in [0.25, 0.3) is 5.91 Å². The fraction of sp³-hybridized carbons (Fsp3) is 0.529. The van der Waals surface area contributed by atoms with Crippen LogP contribution in [0.2, 0.25) is 0 Å². The molecule has 1 saturated carbocycles. The SMILES string of the molecule is COC(=O)C(O)[C@H](CC1CCCCC1)NC(=O)C(CC(C)C)NC(=O)[C@H](Cc1ccccc1)N1Cc2ccccc2C1=O. The van der Waals surface area contributed by atoms with E-state index < -0.39 is 42.0 Å². The fourth-order valence-electron chi connectivity index (χ4n) is 6.30. The second kappa shape index (κ2) is 15.1. The number of hydrogen-bond acceptors (Lipinski definition) is 6. The van der Waals surface area contributed by atoms with Crippen molar-refractivity contribution in [3.05, 3.63) is 71.3 Å². The molecule has 9 heteroatoms. The molecule has 1 aliphatic heterocycles. The topological polar surface area (TPSA) is 125 Å². The normalized spacial score (nSPS) is 18.0. The molecule has 0 aromatic heterocycles. The van der Waals surface area contributed by atoms with Gasteiger partial charge in [-0.25, -0.2) is 4.79 Å². The third kappa shape index (κ3) is 8.44. The zero-order valence-corrected chi connectivity index (χ0v) is 25.5.